The van der Waals surface area contributed by atoms with Gasteiger partial charge in [-0.1, -0.05) is 56.2 Å². The lowest BCUT2D eigenvalue weighted by atomic mass is 9.80. The standard InChI is InChI=1S/C22H25N/c1-6-22(4,5)19-8-7-9-21-18(19)10-11-20(23-21)17-13-15(2)12-16(3)14-17/h7-14H,6H2,1-5H3. The minimum absolute atomic E-state index is 0.169. The summed E-state index contributed by atoms with van der Waals surface area (Å²) in [7, 11) is 0. The van der Waals surface area contributed by atoms with Crippen molar-refractivity contribution >= 4 is 10.9 Å². The average molecular weight is 303 g/mol. The quantitative estimate of drug-likeness (QED) is 0.561. The summed E-state index contributed by atoms with van der Waals surface area (Å²) < 4.78 is 0. The predicted molar refractivity (Wildman–Crippen MR) is 100.0 cm³/mol. The van der Waals surface area contributed by atoms with Crippen LogP contribution in [0.15, 0.2) is 48.5 Å². The fourth-order valence-corrected chi connectivity index (χ4v) is 3.22. The third-order valence-corrected chi connectivity index (χ3v) is 4.86. The Morgan fingerprint density at radius 1 is 0.913 bits per heavy atom. The first kappa shape index (κ1) is 15.7. The van der Waals surface area contributed by atoms with Gasteiger partial charge in [0.1, 0.15) is 0 Å². The molecule has 0 unspecified atom stereocenters. The number of hydrogen-bond donors (Lipinski definition) is 0. The fourth-order valence-electron chi connectivity index (χ4n) is 3.22. The second-order valence-electron chi connectivity index (χ2n) is 7.18. The van der Waals surface area contributed by atoms with E-state index < -0.39 is 0 Å². The maximum atomic E-state index is 4.94. The molecule has 0 atom stereocenters. The van der Waals surface area contributed by atoms with Crippen LogP contribution in [0, 0.1) is 13.8 Å². The van der Waals surface area contributed by atoms with Gasteiger partial charge in [-0.3, -0.25) is 0 Å². The number of aromatic nitrogens is 1. The van der Waals surface area contributed by atoms with E-state index in [0.29, 0.717) is 0 Å². The molecule has 1 heteroatoms. The molecule has 3 rings (SSSR count). The Morgan fingerprint density at radius 2 is 1.61 bits per heavy atom. The van der Waals surface area contributed by atoms with Crippen LogP contribution in [0.4, 0.5) is 0 Å². The summed E-state index contributed by atoms with van der Waals surface area (Å²) in [6.45, 7) is 11.1. The van der Waals surface area contributed by atoms with Crippen LogP contribution >= 0.6 is 0 Å². The molecule has 0 N–H and O–H groups in total. The molecular weight excluding hydrogens is 278 g/mol. The van der Waals surface area contributed by atoms with Crippen LogP contribution in [-0.2, 0) is 5.41 Å². The van der Waals surface area contributed by atoms with Gasteiger partial charge >= 0.3 is 0 Å². The van der Waals surface area contributed by atoms with Crippen LogP contribution in [0.1, 0.15) is 43.9 Å². The van der Waals surface area contributed by atoms with Gasteiger partial charge < -0.3 is 0 Å². The SMILES string of the molecule is CCC(C)(C)c1cccc2nc(-c3cc(C)cc(C)c3)ccc12. The average Bonchev–Trinajstić information content (AvgIpc) is 2.52. The molecule has 0 bridgehead atoms. The molecule has 1 nitrogen and oxygen atoms in total. The van der Waals surface area contributed by atoms with Crippen LogP contribution in [0.25, 0.3) is 22.2 Å². The molecule has 118 valence electrons. The summed E-state index contributed by atoms with van der Waals surface area (Å²) in [6, 6.07) is 17.5. The van der Waals surface area contributed by atoms with E-state index in [4.69, 9.17) is 4.98 Å². The Balaban J connectivity index is 2.17. The highest BCUT2D eigenvalue weighted by atomic mass is 14.7. The summed E-state index contributed by atoms with van der Waals surface area (Å²) in [4.78, 5) is 4.94. The van der Waals surface area contributed by atoms with E-state index in [-0.39, 0.29) is 5.41 Å². The van der Waals surface area contributed by atoms with Crippen molar-refractivity contribution in [3.05, 3.63) is 65.2 Å². The highest BCUT2D eigenvalue weighted by Gasteiger charge is 2.20. The third kappa shape index (κ3) is 3.01. The van der Waals surface area contributed by atoms with Gasteiger partial charge in [0.25, 0.3) is 0 Å². The van der Waals surface area contributed by atoms with Gasteiger partial charge in [0.2, 0.25) is 0 Å². The highest BCUT2D eigenvalue weighted by molar-refractivity contribution is 5.85. The van der Waals surface area contributed by atoms with Gasteiger partial charge in [0.05, 0.1) is 11.2 Å². The number of aryl methyl sites for hydroxylation is 2. The van der Waals surface area contributed by atoms with Gasteiger partial charge in [-0.15, -0.1) is 0 Å². The third-order valence-electron chi connectivity index (χ3n) is 4.86. The van der Waals surface area contributed by atoms with Crippen molar-refractivity contribution in [2.45, 2.75) is 46.5 Å². The van der Waals surface area contributed by atoms with Gasteiger partial charge in [-0.05, 0) is 55.5 Å². The molecule has 0 aliphatic rings. The molecule has 0 saturated carbocycles. The van der Waals surface area contributed by atoms with E-state index in [2.05, 4.69) is 83.1 Å². The van der Waals surface area contributed by atoms with Gasteiger partial charge in [-0.25, -0.2) is 4.98 Å². The van der Waals surface area contributed by atoms with Gasteiger partial charge in [0.15, 0.2) is 0 Å². The molecule has 2 aromatic carbocycles. The summed E-state index contributed by atoms with van der Waals surface area (Å²) in [5.41, 5.74) is 7.45. The lowest BCUT2D eigenvalue weighted by molar-refractivity contribution is 0.510. The van der Waals surface area contributed by atoms with E-state index in [9.17, 15) is 0 Å². The minimum Gasteiger partial charge on any atom is -0.248 e. The van der Waals surface area contributed by atoms with Crippen molar-refractivity contribution in [1.29, 1.82) is 0 Å². The zero-order valence-electron chi connectivity index (χ0n) is 14.8. The van der Waals surface area contributed by atoms with Crippen LogP contribution in [0.5, 0.6) is 0 Å². The first-order valence-corrected chi connectivity index (χ1v) is 8.39. The molecule has 1 aromatic heterocycles. The molecule has 1 heterocycles. The topological polar surface area (TPSA) is 12.9 Å². The summed E-state index contributed by atoms with van der Waals surface area (Å²) in [5, 5.41) is 1.27. The molecule has 0 fully saturated rings. The maximum absolute atomic E-state index is 4.94. The molecule has 0 aliphatic heterocycles. The van der Waals surface area contributed by atoms with E-state index >= 15 is 0 Å². The van der Waals surface area contributed by atoms with E-state index in [1.54, 1.807) is 0 Å². The summed E-state index contributed by atoms with van der Waals surface area (Å²) in [6.07, 6.45) is 1.12. The second kappa shape index (κ2) is 5.81. The molecular formula is C22H25N. The molecule has 0 saturated heterocycles. The van der Waals surface area contributed by atoms with E-state index in [1.807, 2.05) is 0 Å². The van der Waals surface area contributed by atoms with Crippen molar-refractivity contribution in [3.8, 4) is 11.3 Å². The van der Waals surface area contributed by atoms with Gasteiger partial charge in [0, 0.05) is 10.9 Å². The smallest absolute Gasteiger partial charge is 0.0712 e. The number of pyridine rings is 1. The van der Waals surface area contributed by atoms with Crippen LogP contribution in [0.3, 0.4) is 0 Å². The van der Waals surface area contributed by atoms with Crippen LogP contribution in [-0.4, -0.2) is 4.98 Å². The Kier molecular flexibility index (Phi) is 3.97. The fraction of sp³-hybridized carbons (Fsp3) is 0.318. The number of fused-ring (bicyclic) bond motifs is 1. The predicted octanol–water partition coefficient (Wildman–Crippen LogP) is 6.21. The molecule has 23 heavy (non-hydrogen) atoms. The monoisotopic (exact) mass is 303 g/mol. The van der Waals surface area contributed by atoms with Crippen molar-refractivity contribution < 1.29 is 0 Å². The van der Waals surface area contributed by atoms with Crippen molar-refractivity contribution in [2.24, 2.45) is 0 Å². The highest BCUT2D eigenvalue weighted by Crippen LogP contribution is 2.33. The first-order valence-electron chi connectivity index (χ1n) is 8.39. The molecule has 0 radical (unpaired) electrons. The Bertz CT molecular complexity index is 839. The van der Waals surface area contributed by atoms with Crippen LogP contribution in [0.2, 0.25) is 0 Å². The zero-order valence-corrected chi connectivity index (χ0v) is 14.8. The van der Waals surface area contributed by atoms with Crippen molar-refractivity contribution in [3.63, 3.8) is 0 Å². The first-order chi connectivity index (χ1) is 10.9. The largest absolute Gasteiger partial charge is 0.248 e. The second-order valence-corrected chi connectivity index (χ2v) is 7.18. The summed E-state index contributed by atoms with van der Waals surface area (Å²) in [5.74, 6) is 0. The van der Waals surface area contributed by atoms with Crippen LogP contribution < -0.4 is 0 Å². The summed E-state index contributed by atoms with van der Waals surface area (Å²) >= 11 is 0. The Labute approximate surface area is 139 Å². The molecule has 3 aromatic rings. The number of nitrogens with zero attached hydrogens (tertiary/aromatic N) is 1. The maximum Gasteiger partial charge on any atom is 0.0712 e. The Morgan fingerprint density at radius 3 is 2.26 bits per heavy atom. The number of rotatable bonds is 3. The molecule has 0 aliphatic carbocycles. The van der Waals surface area contributed by atoms with Crippen molar-refractivity contribution in [2.75, 3.05) is 0 Å². The lowest BCUT2D eigenvalue weighted by Crippen LogP contribution is -2.15. The van der Waals surface area contributed by atoms with Crippen molar-refractivity contribution in [1.82, 2.24) is 4.98 Å². The van der Waals surface area contributed by atoms with E-state index in [0.717, 1.165) is 17.6 Å². The van der Waals surface area contributed by atoms with Gasteiger partial charge in [-0.2, -0.15) is 0 Å². The Hall–Kier alpha value is -2.15. The molecule has 0 spiro atoms. The zero-order chi connectivity index (χ0) is 16.6. The van der Waals surface area contributed by atoms with E-state index in [1.165, 1.54) is 27.6 Å². The number of hydrogen-bond acceptors (Lipinski definition) is 1. The normalized spacial score (nSPS) is 11.9. The molecule has 0 amide bonds. The lowest BCUT2D eigenvalue weighted by Gasteiger charge is -2.25. The number of benzene rings is 2. The minimum atomic E-state index is 0.169.